The molecular formula is C18H27N5. The minimum Gasteiger partial charge on any atom is -0.305 e. The lowest BCUT2D eigenvalue weighted by atomic mass is 9.80. The topological polar surface area (TPSA) is 55.6 Å². The molecule has 5 nitrogen and oxygen atoms in total. The maximum absolute atomic E-state index is 4.46. The maximum Gasteiger partial charge on any atom is 0.176 e. The van der Waals surface area contributed by atoms with Crippen LogP contribution in [0.3, 0.4) is 0 Å². The van der Waals surface area contributed by atoms with Crippen LogP contribution in [0.15, 0.2) is 18.2 Å². The van der Waals surface area contributed by atoms with Crippen molar-refractivity contribution in [2.24, 2.45) is 0 Å². The largest absolute Gasteiger partial charge is 0.305 e. The zero-order chi connectivity index (χ0) is 16.3. The van der Waals surface area contributed by atoms with Crippen molar-refractivity contribution in [1.29, 1.82) is 0 Å². The van der Waals surface area contributed by atoms with Gasteiger partial charge in [-0.2, -0.15) is 4.68 Å². The molecule has 1 fully saturated rings. The Balaban J connectivity index is 2.07. The van der Waals surface area contributed by atoms with E-state index in [1.165, 1.54) is 30.4 Å². The third-order valence-corrected chi connectivity index (χ3v) is 4.97. The molecule has 1 aliphatic carbocycles. The van der Waals surface area contributed by atoms with Crippen LogP contribution in [0.5, 0.6) is 0 Å². The highest BCUT2D eigenvalue weighted by Gasteiger charge is 2.38. The number of aryl methyl sites for hydroxylation is 2. The molecule has 0 aliphatic heterocycles. The Morgan fingerprint density at radius 3 is 2.48 bits per heavy atom. The second kappa shape index (κ2) is 6.79. The van der Waals surface area contributed by atoms with Crippen molar-refractivity contribution in [2.75, 3.05) is 6.54 Å². The van der Waals surface area contributed by atoms with Gasteiger partial charge in [0.25, 0.3) is 0 Å². The first-order valence-corrected chi connectivity index (χ1v) is 8.78. The molecule has 1 aromatic carbocycles. The molecule has 0 unspecified atom stereocenters. The van der Waals surface area contributed by atoms with Gasteiger partial charge in [-0.05, 0) is 61.2 Å². The van der Waals surface area contributed by atoms with Gasteiger partial charge in [0, 0.05) is 0 Å². The lowest BCUT2D eigenvalue weighted by Crippen LogP contribution is -2.46. The number of hydrogen-bond donors (Lipinski definition) is 1. The molecule has 5 heteroatoms. The van der Waals surface area contributed by atoms with Crippen LogP contribution in [0, 0.1) is 13.8 Å². The smallest absolute Gasteiger partial charge is 0.176 e. The highest BCUT2D eigenvalue weighted by atomic mass is 15.6. The van der Waals surface area contributed by atoms with Gasteiger partial charge in [-0.3, -0.25) is 0 Å². The summed E-state index contributed by atoms with van der Waals surface area (Å²) in [6.45, 7) is 7.46. The number of tetrazole rings is 1. The molecule has 1 N–H and O–H groups in total. The highest BCUT2D eigenvalue weighted by molar-refractivity contribution is 5.47. The van der Waals surface area contributed by atoms with Crippen molar-refractivity contribution in [1.82, 2.24) is 25.5 Å². The van der Waals surface area contributed by atoms with E-state index in [-0.39, 0.29) is 5.54 Å². The summed E-state index contributed by atoms with van der Waals surface area (Å²) in [5.74, 6) is 0.975. The molecular weight excluding hydrogens is 286 g/mol. The van der Waals surface area contributed by atoms with Gasteiger partial charge in [-0.15, -0.1) is 5.10 Å². The number of benzene rings is 1. The van der Waals surface area contributed by atoms with E-state index in [2.05, 4.69) is 59.8 Å². The number of hydrogen-bond acceptors (Lipinski definition) is 4. The van der Waals surface area contributed by atoms with Gasteiger partial charge in [0.05, 0.1) is 11.2 Å². The van der Waals surface area contributed by atoms with Crippen LogP contribution in [0.1, 0.15) is 62.4 Å². The van der Waals surface area contributed by atoms with Gasteiger partial charge in [-0.1, -0.05) is 44.4 Å². The zero-order valence-electron chi connectivity index (χ0n) is 14.5. The van der Waals surface area contributed by atoms with Crippen LogP contribution in [-0.2, 0) is 5.54 Å². The monoisotopic (exact) mass is 313 g/mol. The highest BCUT2D eigenvalue weighted by Crippen LogP contribution is 2.37. The van der Waals surface area contributed by atoms with Gasteiger partial charge < -0.3 is 5.32 Å². The van der Waals surface area contributed by atoms with E-state index >= 15 is 0 Å². The first-order valence-electron chi connectivity index (χ1n) is 8.78. The molecule has 0 amide bonds. The van der Waals surface area contributed by atoms with Crippen LogP contribution < -0.4 is 5.32 Å². The van der Waals surface area contributed by atoms with Crippen molar-refractivity contribution in [3.8, 4) is 5.69 Å². The second-order valence-corrected chi connectivity index (χ2v) is 6.72. The number of nitrogens with zero attached hydrogens (tertiary/aromatic N) is 4. The van der Waals surface area contributed by atoms with Crippen LogP contribution in [0.2, 0.25) is 0 Å². The summed E-state index contributed by atoms with van der Waals surface area (Å²) in [5, 5.41) is 16.6. The summed E-state index contributed by atoms with van der Waals surface area (Å²) < 4.78 is 1.97. The molecule has 0 spiro atoms. The predicted octanol–water partition coefficient (Wildman–Crippen LogP) is 3.44. The minimum atomic E-state index is -0.0908. The predicted molar refractivity (Wildman–Crippen MR) is 91.7 cm³/mol. The molecule has 0 saturated heterocycles. The van der Waals surface area contributed by atoms with E-state index in [1.807, 2.05) is 4.68 Å². The summed E-state index contributed by atoms with van der Waals surface area (Å²) in [4.78, 5) is 0. The van der Waals surface area contributed by atoms with Crippen molar-refractivity contribution in [3.63, 3.8) is 0 Å². The second-order valence-electron chi connectivity index (χ2n) is 6.72. The Morgan fingerprint density at radius 2 is 1.83 bits per heavy atom. The fourth-order valence-corrected chi connectivity index (χ4v) is 3.77. The van der Waals surface area contributed by atoms with Gasteiger partial charge in [0.2, 0.25) is 0 Å². The third kappa shape index (κ3) is 3.02. The fraction of sp³-hybridized carbons (Fsp3) is 0.611. The third-order valence-electron chi connectivity index (χ3n) is 4.97. The first kappa shape index (κ1) is 16.1. The average molecular weight is 313 g/mol. The van der Waals surface area contributed by atoms with Gasteiger partial charge in [-0.25, -0.2) is 0 Å². The molecule has 1 aliphatic rings. The molecule has 1 heterocycles. The summed E-state index contributed by atoms with van der Waals surface area (Å²) in [7, 11) is 0. The Bertz CT molecular complexity index is 635. The molecule has 3 rings (SSSR count). The Morgan fingerprint density at radius 1 is 1.13 bits per heavy atom. The quantitative estimate of drug-likeness (QED) is 0.918. The summed E-state index contributed by atoms with van der Waals surface area (Å²) in [6, 6.07) is 6.34. The molecule has 124 valence electrons. The van der Waals surface area contributed by atoms with E-state index in [1.54, 1.807) is 0 Å². The molecule has 23 heavy (non-hydrogen) atoms. The first-order chi connectivity index (χ1) is 11.2. The van der Waals surface area contributed by atoms with Crippen molar-refractivity contribution < 1.29 is 0 Å². The van der Waals surface area contributed by atoms with Gasteiger partial charge >= 0.3 is 0 Å². The normalized spacial score (nSPS) is 17.3. The van der Waals surface area contributed by atoms with Crippen LogP contribution in [0.25, 0.3) is 5.69 Å². The maximum atomic E-state index is 4.46. The molecule has 2 aromatic rings. The number of rotatable bonds is 5. The van der Waals surface area contributed by atoms with Crippen molar-refractivity contribution in [3.05, 3.63) is 35.2 Å². The fourth-order valence-electron chi connectivity index (χ4n) is 3.77. The summed E-state index contributed by atoms with van der Waals surface area (Å²) in [5.41, 5.74) is 3.45. The Kier molecular flexibility index (Phi) is 4.76. The van der Waals surface area contributed by atoms with E-state index < -0.39 is 0 Å². The van der Waals surface area contributed by atoms with Crippen LogP contribution in [0.4, 0.5) is 0 Å². The minimum absolute atomic E-state index is 0.0908. The molecule has 1 aromatic heterocycles. The molecule has 1 saturated carbocycles. The van der Waals surface area contributed by atoms with E-state index in [4.69, 9.17) is 0 Å². The Labute approximate surface area is 138 Å². The Hall–Kier alpha value is -1.75. The molecule has 0 bridgehead atoms. The lowest BCUT2D eigenvalue weighted by molar-refractivity contribution is 0.217. The van der Waals surface area contributed by atoms with Crippen LogP contribution in [-0.4, -0.2) is 26.8 Å². The van der Waals surface area contributed by atoms with E-state index in [0.29, 0.717) is 0 Å². The molecule has 0 atom stereocenters. The zero-order valence-corrected chi connectivity index (χ0v) is 14.5. The number of aromatic nitrogens is 4. The summed E-state index contributed by atoms with van der Waals surface area (Å²) >= 11 is 0. The van der Waals surface area contributed by atoms with Crippen LogP contribution >= 0.6 is 0 Å². The average Bonchev–Trinajstić information content (AvgIpc) is 3.04. The van der Waals surface area contributed by atoms with Gasteiger partial charge in [0.1, 0.15) is 0 Å². The number of nitrogens with one attached hydrogen (secondary N) is 1. The number of para-hydroxylation sites is 1. The van der Waals surface area contributed by atoms with Crippen molar-refractivity contribution in [2.45, 2.75) is 64.8 Å². The lowest BCUT2D eigenvalue weighted by Gasteiger charge is -2.37. The van der Waals surface area contributed by atoms with Gasteiger partial charge in [0.15, 0.2) is 5.82 Å². The standard InChI is InChI=1S/C18H27N5/c1-4-13-19-18(11-6-5-7-12-18)17-20-21-22-23(17)16-14(2)9-8-10-15(16)3/h8-10,19H,4-7,11-13H2,1-3H3. The molecule has 0 radical (unpaired) electrons. The SMILES string of the molecule is CCCNC1(c2nnnn2-c2c(C)cccc2C)CCCCC1. The van der Waals surface area contributed by atoms with Crippen molar-refractivity contribution >= 4 is 0 Å². The van der Waals surface area contributed by atoms with E-state index in [9.17, 15) is 0 Å². The van der Waals surface area contributed by atoms with E-state index in [0.717, 1.165) is 37.3 Å². The summed E-state index contributed by atoms with van der Waals surface area (Å²) in [6.07, 6.45) is 7.11.